The molecule has 5 nitrogen and oxygen atoms in total. The van der Waals surface area contributed by atoms with Gasteiger partial charge in [-0.3, -0.25) is 4.79 Å². The minimum absolute atomic E-state index is 0.0358. The van der Waals surface area contributed by atoms with E-state index in [9.17, 15) is 4.79 Å². The van der Waals surface area contributed by atoms with Crippen LogP contribution < -0.4 is 10.1 Å². The maximum atomic E-state index is 12.5. The Labute approximate surface area is 155 Å². The molecule has 1 aromatic rings. The summed E-state index contributed by atoms with van der Waals surface area (Å²) >= 11 is 0. The van der Waals surface area contributed by atoms with Crippen LogP contribution in [-0.4, -0.2) is 37.4 Å². The Morgan fingerprint density at radius 2 is 1.96 bits per heavy atom. The maximum Gasteiger partial charge on any atom is 0.222 e. The van der Waals surface area contributed by atoms with Crippen LogP contribution in [0.25, 0.3) is 0 Å². The number of carbonyl (C=O) groups excluding carboxylic acids is 1. The van der Waals surface area contributed by atoms with Gasteiger partial charge in [0.15, 0.2) is 0 Å². The molecule has 1 amide bonds. The lowest BCUT2D eigenvalue weighted by Crippen LogP contribution is -2.43. The number of ether oxygens (including phenoxy) is 3. The molecule has 2 aliphatic heterocycles. The minimum atomic E-state index is -0.0924. The van der Waals surface area contributed by atoms with E-state index in [0.29, 0.717) is 13.0 Å². The van der Waals surface area contributed by atoms with Crippen molar-refractivity contribution in [2.24, 2.45) is 0 Å². The predicted octanol–water partition coefficient (Wildman–Crippen LogP) is 3.52. The van der Waals surface area contributed by atoms with Gasteiger partial charge in [0.05, 0.1) is 18.8 Å². The van der Waals surface area contributed by atoms with Crippen LogP contribution in [0.15, 0.2) is 24.3 Å². The fourth-order valence-corrected chi connectivity index (χ4v) is 4.50. The first kappa shape index (κ1) is 17.8. The van der Waals surface area contributed by atoms with Gasteiger partial charge in [0, 0.05) is 31.6 Å². The van der Waals surface area contributed by atoms with Crippen molar-refractivity contribution < 1.29 is 19.0 Å². The Morgan fingerprint density at radius 3 is 2.77 bits per heavy atom. The number of nitrogens with one attached hydrogen (secondary N) is 1. The Balaban J connectivity index is 1.34. The summed E-state index contributed by atoms with van der Waals surface area (Å²) in [6, 6.07) is 8.16. The molecule has 1 N–H and O–H groups in total. The van der Waals surface area contributed by atoms with E-state index in [0.717, 1.165) is 56.6 Å². The maximum absolute atomic E-state index is 12.5. The highest BCUT2D eigenvalue weighted by Crippen LogP contribution is 2.46. The van der Waals surface area contributed by atoms with Crippen molar-refractivity contribution in [3.63, 3.8) is 0 Å². The molecule has 2 fully saturated rings. The molecule has 0 bridgehead atoms. The van der Waals surface area contributed by atoms with Crippen LogP contribution in [0.2, 0.25) is 0 Å². The smallest absolute Gasteiger partial charge is 0.222 e. The molecule has 2 heterocycles. The van der Waals surface area contributed by atoms with E-state index in [4.69, 9.17) is 14.2 Å². The second-order valence-corrected chi connectivity index (χ2v) is 7.79. The summed E-state index contributed by atoms with van der Waals surface area (Å²) in [5, 5.41) is 3.24. The highest BCUT2D eigenvalue weighted by molar-refractivity contribution is 5.76. The zero-order valence-electron chi connectivity index (χ0n) is 15.4. The molecule has 4 rings (SSSR count). The van der Waals surface area contributed by atoms with Crippen molar-refractivity contribution in [1.82, 2.24) is 5.32 Å². The lowest BCUT2D eigenvalue weighted by atomic mass is 9.86. The number of amides is 1. The van der Waals surface area contributed by atoms with Crippen molar-refractivity contribution in [3.05, 3.63) is 29.8 Å². The molecule has 1 saturated heterocycles. The standard InChI is InChI=1S/C21H29NO4/c23-20(9-14-25-16-7-12-24-13-8-16)22-18-15-21(10-3-4-11-21)26-19-6-2-1-5-17(18)19/h1-2,5-6,16,18H,3-4,7-15H2,(H,22,23)/t18-/m0/s1. The normalized spacial score (nSPS) is 24.8. The second kappa shape index (κ2) is 7.97. The predicted molar refractivity (Wildman–Crippen MR) is 98.2 cm³/mol. The molecule has 142 valence electrons. The lowest BCUT2D eigenvalue weighted by molar-refractivity contribution is -0.124. The summed E-state index contributed by atoms with van der Waals surface area (Å²) in [7, 11) is 0. The molecular formula is C21H29NO4. The van der Waals surface area contributed by atoms with E-state index < -0.39 is 0 Å². The molecule has 0 unspecified atom stereocenters. The van der Waals surface area contributed by atoms with Gasteiger partial charge in [-0.2, -0.15) is 0 Å². The first-order valence-electron chi connectivity index (χ1n) is 10.0. The Kier molecular flexibility index (Phi) is 5.46. The van der Waals surface area contributed by atoms with Crippen molar-refractivity contribution in [2.75, 3.05) is 19.8 Å². The van der Waals surface area contributed by atoms with E-state index in [-0.39, 0.29) is 23.7 Å². The SMILES string of the molecule is O=C(CCOC1CCOCC1)N[C@H]1CC2(CCCC2)Oc2ccccc21. The third-order valence-electron chi connectivity index (χ3n) is 5.90. The molecular weight excluding hydrogens is 330 g/mol. The van der Waals surface area contributed by atoms with E-state index in [1.165, 1.54) is 12.8 Å². The fraction of sp³-hybridized carbons (Fsp3) is 0.667. The van der Waals surface area contributed by atoms with Crippen LogP contribution in [0.3, 0.4) is 0 Å². The topological polar surface area (TPSA) is 56.8 Å². The van der Waals surface area contributed by atoms with Crippen molar-refractivity contribution in [1.29, 1.82) is 0 Å². The lowest BCUT2D eigenvalue weighted by Gasteiger charge is -2.40. The molecule has 3 aliphatic rings. The van der Waals surface area contributed by atoms with Crippen LogP contribution in [-0.2, 0) is 14.3 Å². The number of hydrogen-bond donors (Lipinski definition) is 1. The zero-order valence-corrected chi connectivity index (χ0v) is 15.4. The number of hydrogen-bond acceptors (Lipinski definition) is 4. The summed E-state index contributed by atoms with van der Waals surface area (Å²) in [4.78, 5) is 12.5. The Bertz CT molecular complexity index is 620. The average molecular weight is 359 g/mol. The molecule has 5 heteroatoms. The summed E-state index contributed by atoms with van der Waals surface area (Å²) in [5.41, 5.74) is 1.01. The number of rotatable bonds is 5. The first-order chi connectivity index (χ1) is 12.7. The van der Waals surface area contributed by atoms with E-state index >= 15 is 0 Å². The second-order valence-electron chi connectivity index (χ2n) is 7.79. The molecule has 1 aliphatic carbocycles. The van der Waals surface area contributed by atoms with Gasteiger partial charge in [-0.1, -0.05) is 18.2 Å². The van der Waals surface area contributed by atoms with Crippen molar-refractivity contribution in [3.8, 4) is 5.75 Å². The van der Waals surface area contributed by atoms with Crippen LogP contribution in [0.5, 0.6) is 5.75 Å². The van der Waals surface area contributed by atoms with Gasteiger partial charge in [0.2, 0.25) is 5.91 Å². The van der Waals surface area contributed by atoms with Crippen LogP contribution >= 0.6 is 0 Å². The van der Waals surface area contributed by atoms with Gasteiger partial charge in [-0.05, 0) is 44.6 Å². The van der Waals surface area contributed by atoms with Crippen LogP contribution in [0, 0.1) is 0 Å². The Hall–Kier alpha value is -1.59. The molecule has 1 saturated carbocycles. The number of benzene rings is 1. The molecule has 1 atom stereocenters. The molecule has 1 spiro atoms. The zero-order chi connectivity index (χ0) is 17.8. The summed E-state index contributed by atoms with van der Waals surface area (Å²) < 4.78 is 17.5. The van der Waals surface area contributed by atoms with Crippen molar-refractivity contribution >= 4 is 5.91 Å². The Morgan fingerprint density at radius 1 is 1.19 bits per heavy atom. The van der Waals surface area contributed by atoms with E-state index in [1.54, 1.807) is 0 Å². The first-order valence-corrected chi connectivity index (χ1v) is 10.0. The third-order valence-corrected chi connectivity index (χ3v) is 5.90. The number of para-hydroxylation sites is 1. The number of carbonyl (C=O) groups is 1. The highest BCUT2D eigenvalue weighted by atomic mass is 16.5. The van der Waals surface area contributed by atoms with E-state index in [1.807, 2.05) is 18.2 Å². The largest absolute Gasteiger partial charge is 0.487 e. The monoisotopic (exact) mass is 359 g/mol. The highest BCUT2D eigenvalue weighted by Gasteiger charge is 2.43. The van der Waals surface area contributed by atoms with Crippen LogP contribution in [0.1, 0.15) is 63.0 Å². The van der Waals surface area contributed by atoms with Gasteiger partial charge in [0.25, 0.3) is 0 Å². The molecule has 0 aromatic heterocycles. The summed E-state index contributed by atoms with van der Waals surface area (Å²) in [6.07, 6.45) is 7.96. The average Bonchev–Trinajstić information content (AvgIpc) is 3.10. The summed E-state index contributed by atoms with van der Waals surface area (Å²) in [6.45, 7) is 2.00. The van der Waals surface area contributed by atoms with Gasteiger partial charge in [-0.25, -0.2) is 0 Å². The fourth-order valence-electron chi connectivity index (χ4n) is 4.50. The quantitative estimate of drug-likeness (QED) is 0.874. The van der Waals surface area contributed by atoms with Gasteiger partial charge in [-0.15, -0.1) is 0 Å². The van der Waals surface area contributed by atoms with Gasteiger partial charge in [0.1, 0.15) is 11.4 Å². The van der Waals surface area contributed by atoms with Gasteiger partial charge < -0.3 is 19.5 Å². The molecule has 1 aromatic carbocycles. The molecule has 26 heavy (non-hydrogen) atoms. The summed E-state index contributed by atoms with van der Waals surface area (Å²) in [5.74, 6) is 0.997. The number of fused-ring (bicyclic) bond motifs is 1. The third kappa shape index (κ3) is 4.04. The van der Waals surface area contributed by atoms with Crippen molar-refractivity contribution in [2.45, 2.75) is 69.1 Å². The van der Waals surface area contributed by atoms with Crippen LogP contribution in [0.4, 0.5) is 0 Å². The van der Waals surface area contributed by atoms with Gasteiger partial charge >= 0.3 is 0 Å². The molecule has 0 radical (unpaired) electrons. The van der Waals surface area contributed by atoms with E-state index in [2.05, 4.69) is 11.4 Å². The minimum Gasteiger partial charge on any atom is -0.487 e.